The van der Waals surface area contributed by atoms with Gasteiger partial charge in [-0.15, -0.1) is 23.2 Å². The molecule has 6 nitrogen and oxygen atoms in total. The molecule has 0 heterocycles. The van der Waals surface area contributed by atoms with Gasteiger partial charge >= 0.3 is 0 Å². The summed E-state index contributed by atoms with van der Waals surface area (Å²) in [6.07, 6.45) is -0.596. The molecule has 0 bridgehead atoms. The molecule has 0 aliphatic heterocycles. The SMILES string of the molecule is CC(F)(F)CCNC(=O)CCNC(=O)c1cc(NC(=O)C2C(c3cc(Cl)cc(Cl)c3)C2(Cl)Cl)ccc1Cl. The Kier molecular flexibility index (Phi) is 9.56. The lowest BCUT2D eigenvalue weighted by Crippen LogP contribution is -2.32. The predicted octanol–water partition coefficient (Wildman–Crippen LogP) is 6.45. The van der Waals surface area contributed by atoms with Gasteiger partial charge in [0, 0.05) is 47.6 Å². The number of benzene rings is 2. The molecule has 0 spiro atoms. The molecule has 37 heavy (non-hydrogen) atoms. The molecule has 3 N–H and O–H groups in total. The molecule has 0 radical (unpaired) electrons. The highest BCUT2D eigenvalue weighted by Crippen LogP contribution is 2.65. The summed E-state index contributed by atoms with van der Waals surface area (Å²) in [5.74, 6) is -5.77. The lowest BCUT2D eigenvalue weighted by Gasteiger charge is -2.12. The number of anilines is 1. The minimum absolute atomic E-state index is 0.0485. The standard InChI is InChI=1S/C24H22Cl5F2N3O3/c1-23(30,31)5-7-32-18(35)4-6-33-21(36)16-11-15(2-3-17(16)27)34-22(37)20-19(24(20,28)29)12-8-13(25)10-14(26)9-12/h2-3,8-11,19-20H,4-7H2,1H3,(H,32,35)(H,33,36)(H,34,37). The first-order valence-electron chi connectivity index (χ1n) is 11.1. The van der Waals surface area contributed by atoms with Crippen LogP contribution in [0.3, 0.4) is 0 Å². The molecular formula is C24H22Cl5F2N3O3. The van der Waals surface area contributed by atoms with Crippen LogP contribution in [0.2, 0.25) is 15.1 Å². The van der Waals surface area contributed by atoms with E-state index < -0.39 is 46.2 Å². The highest BCUT2D eigenvalue weighted by Gasteiger charge is 2.67. The van der Waals surface area contributed by atoms with Crippen LogP contribution in [-0.2, 0) is 9.59 Å². The average Bonchev–Trinajstić information content (AvgIpc) is 3.35. The summed E-state index contributed by atoms with van der Waals surface area (Å²) in [7, 11) is 0. The number of carbonyl (C=O) groups is 3. The van der Waals surface area contributed by atoms with E-state index in [4.69, 9.17) is 58.0 Å². The van der Waals surface area contributed by atoms with E-state index in [1.807, 2.05) is 0 Å². The molecule has 1 saturated carbocycles. The lowest BCUT2D eigenvalue weighted by atomic mass is 10.1. The highest BCUT2D eigenvalue weighted by molar-refractivity contribution is 6.53. The van der Waals surface area contributed by atoms with Gasteiger partial charge in [0.2, 0.25) is 17.7 Å². The van der Waals surface area contributed by atoms with Crippen LogP contribution in [0, 0.1) is 5.92 Å². The number of rotatable bonds is 10. The van der Waals surface area contributed by atoms with Crippen LogP contribution in [0.5, 0.6) is 0 Å². The Bertz CT molecular complexity index is 1190. The van der Waals surface area contributed by atoms with Crippen LogP contribution in [0.4, 0.5) is 14.5 Å². The van der Waals surface area contributed by atoms with Gasteiger partial charge in [-0.3, -0.25) is 14.4 Å². The Morgan fingerprint density at radius 1 is 0.973 bits per heavy atom. The van der Waals surface area contributed by atoms with Crippen molar-refractivity contribution in [3.05, 3.63) is 62.6 Å². The van der Waals surface area contributed by atoms with E-state index in [2.05, 4.69) is 16.0 Å². The first-order chi connectivity index (χ1) is 17.2. The number of amides is 3. The molecule has 2 atom stereocenters. The zero-order valence-electron chi connectivity index (χ0n) is 19.3. The molecule has 13 heteroatoms. The molecule has 1 aliphatic rings. The Labute approximate surface area is 237 Å². The molecular weight excluding hydrogens is 594 g/mol. The van der Waals surface area contributed by atoms with Crippen LogP contribution in [0.25, 0.3) is 0 Å². The van der Waals surface area contributed by atoms with Gasteiger partial charge < -0.3 is 16.0 Å². The topological polar surface area (TPSA) is 87.3 Å². The fourth-order valence-electron chi connectivity index (χ4n) is 3.71. The third-order valence-corrected chi connectivity index (χ3v) is 7.29. The van der Waals surface area contributed by atoms with Crippen LogP contribution < -0.4 is 16.0 Å². The first kappa shape index (κ1) is 29.7. The van der Waals surface area contributed by atoms with E-state index in [-0.39, 0.29) is 35.8 Å². The van der Waals surface area contributed by atoms with Gasteiger partial charge in [-0.2, -0.15) is 0 Å². The third-order valence-electron chi connectivity index (χ3n) is 5.58. The predicted molar refractivity (Wildman–Crippen MR) is 142 cm³/mol. The summed E-state index contributed by atoms with van der Waals surface area (Å²) in [4.78, 5) is 37.3. The highest BCUT2D eigenvalue weighted by atomic mass is 35.5. The second-order valence-corrected chi connectivity index (χ2v) is 11.4. The molecule has 3 rings (SSSR count). The normalized spacial score (nSPS) is 18.2. The maximum Gasteiger partial charge on any atom is 0.252 e. The second-order valence-electron chi connectivity index (χ2n) is 8.69. The maximum atomic E-state index is 12.9. The molecule has 200 valence electrons. The molecule has 2 aromatic carbocycles. The summed E-state index contributed by atoms with van der Waals surface area (Å²) in [6.45, 7) is 0.536. The molecule has 3 amide bonds. The van der Waals surface area contributed by atoms with Crippen molar-refractivity contribution < 1.29 is 23.2 Å². The van der Waals surface area contributed by atoms with Gasteiger partial charge in [-0.25, -0.2) is 8.78 Å². The van der Waals surface area contributed by atoms with E-state index in [0.717, 1.165) is 6.92 Å². The van der Waals surface area contributed by atoms with Crippen molar-refractivity contribution in [1.82, 2.24) is 10.6 Å². The van der Waals surface area contributed by atoms with Gasteiger partial charge in [-0.1, -0.05) is 34.8 Å². The number of hydrogen-bond acceptors (Lipinski definition) is 3. The molecule has 1 aliphatic carbocycles. The molecule has 1 fully saturated rings. The van der Waals surface area contributed by atoms with Gasteiger partial charge in [-0.05, 0) is 48.9 Å². The van der Waals surface area contributed by atoms with E-state index in [0.29, 0.717) is 15.6 Å². The molecule has 2 unspecified atom stereocenters. The second kappa shape index (κ2) is 11.9. The minimum Gasteiger partial charge on any atom is -0.356 e. The zero-order chi connectivity index (χ0) is 27.5. The number of halogens is 7. The van der Waals surface area contributed by atoms with Crippen molar-refractivity contribution >= 4 is 81.4 Å². The summed E-state index contributed by atoms with van der Waals surface area (Å²) in [5.41, 5.74) is 0.949. The summed E-state index contributed by atoms with van der Waals surface area (Å²) < 4.78 is 24.2. The molecule has 0 aromatic heterocycles. The van der Waals surface area contributed by atoms with Crippen LogP contribution in [0.15, 0.2) is 36.4 Å². The van der Waals surface area contributed by atoms with Crippen molar-refractivity contribution in [3.8, 4) is 0 Å². The quantitative estimate of drug-likeness (QED) is 0.269. The summed E-state index contributed by atoms with van der Waals surface area (Å²) >= 11 is 31.0. The zero-order valence-corrected chi connectivity index (χ0v) is 23.1. The van der Waals surface area contributed by atoms with E-state index in [1.54, 1.807) is 18.2 Å². The first-order valence-corrected chi connectivity index (χ1v) is 12.9. The Morgan fingerprint density at radius 2 is 1.62 bits per heavy atom. The van der Waals surface area contributed by atoms with Crippen molar-refractivity contribution in [1.29, 1.82) is 0 Å². The number of nitrogens with one attached hydrogen (secondary N) is 3. The van der Waals surface area contributed by atoms with Crippen LogP contribution in [0.1, 0.15) is 41.6 Å². The van der Waals surface area contributed by atoms with Crippen LogP contribution >= 0.6 is 58.0 Å². The number of hydrogen-bond donors (Lipinski definition) is 3. The largest absolute Gasteiger partial charge is 0.356 e. The molecule has 0 saturated heterocycles. The van der Waals surface area contributed by atoms with E-state index in [9.17, 15) is 23.2 Å². The number of carbonyl (C=O) groups excluding carboxylic acids is 3. The smallest absolute Gasteiger partial charge is 0.252 e. The van der Waals surface area contributed by atoms with Crippen molar-refractivity contribution in [2.45, 2.75) is 35.9 Å². The van der Waals surface area contributed by atoms with Crippen molar-refractivity contribution in [2.75, 3.05) is 18.4 Å². The van der Waals surface area contributed by atoms with Gasteiger partial charge in [0.25, 0.3) is 5.91 Å². The fourth-order valence-corrected chi connectivity index (χ4v) is 5.29. The monoisotopic (exact) mass is 613 g/mol. The number of alkyl halides is 4. The Morgan fingerprint density at radius 3 is 2.24 bits per heavy atom. The van der Waals surface area contributed by atoms with Crippen LogP contribution in [-0.4, -0.2) is 41.1 Å². The van der Waals surface area contributed by atoms with E-state index >= 15 is 0 Å². The van der Waals surface area contributed by atoms with Gasteiger partial charge in [0.15, 0.2) is 0 Å². The average molecular weight is 616 g/mol. The minimum atomic E-state index is -2.88. The van der Waals surface area contributed by atoms with Gasteiger partial charge in [0.1, 0.15) is 4.33 Å². The van der Waals surface area contributed by atoms with Gasteiger partial charge in [0.05, 0.1) is 16.5 Å². The fraction of sp³-hybridized carbons (Fsp3) is 0.375. The Hall–Kier alpha value is -1.84. The van der Waals surface area contributed by atoms with Crippen molar-refractivity contribution in [3.63, 3.8) is 0 Å². The summed E-state index contributed by atoms with van der Waals surface area (Å²) in [5, 5.41) is 8.45. The maximum absolute atomic E-state index is 12.9. The lowest BCUT2D eigenvalue weighted by molar-refractivity contribution is -0.121. The summed E-state index contributed by atoms with van der Waals surface area (Å²) in [6, 6.07) is 9.13. The third kappa shape index (κ3) is 8.07. The molecule has 2 aromatic rings. The van der Waals surface area contributed by atoms with E-state index in [1.165, 1.54) is 18.2 Å². The Balaban J connectivity index is 1.58. The van der Waals surface area contributed by atoms with Crippen molar-refractivity contribution in [2.24, 2.45) is 5.92 Å².